The fraction of sp³-hybridized carbons (Fsp3) is 0.312. The molecule has 1 aromatic carbocycles. The number of amides is 1. The van der Waals surface area contributed by atoms with Crippen molar-refractivity contribution in [3.8, 4) is 0 Å². The number of benzene rings is 1. The van der Waals surface area contributed by atoms with Gasteiger partial charge >= 0.3 is 0 Å². The van der Waals surface area contributed by atoms with Crippen molar-refractivity contribution in [1.82, 2.24) is 9.62 Å². The lowest BCUT2D eigenvalue weighted by molar-refractivity contribution is -0.121. The van der Waals surface area contributed by atoms with Crippen LogP contribution < -0.4 is 5.32 Å². The predicted octanol–water partition coefficient (Wildman–Crippen LogP) is 2.55. The molecule has 0 radical (unpaired) electrons. The number of likely N-dealkylation sites (N-methyl/N-ethyl adjacent to an activating group) is 1. The summed E-state index contributed by atoms with van der Waals surface area (Å²) in [4.78, 5) is 12.2. The molecule has 0 aliphatic carbocycles. The minimum atomic E-state index is -3.61. The van der Waals surface area contributed by atoms with Crippen molar-refractivity contribution >= 4 is 27.3 Å². The summed E-state index contributed by atoms with van der Waals surface area (Å²) in [6, 6.07) is 10.8. The summed E-state index contributed by atoms with van der Waals surface area (Å²) >= 11 is 1.14. The van der Waals surface area contributed by atoms with Crippen LogP contribution in [0.3, 0.4) is 0 Å². The minimum absolute atomic E-state index is 0.179. The summed E-state index contributed by atoms with van der Waals surface area (Å²) in [6.45, 7) is 3.65. The van der Waals surface area contributed by atoms with Crippen molar-refractivity contribution in [3.63, 3.8) is 0 Å². The third kappa shape index (κ3) is 4.19. The van der Waals surface area contributed by atoms with Gasteiger partial charge in [0.05, 0.1) is 12.6 Å². The first-order chi connectivity index (χ1) is 10.8. The molecule has 5 nitrogen and oxygen atoms in total. The molecule has 1 heterocycles. The third-order valence-corrected chi connectivity index (χ3v) is 6.73. The second-order valence-corrected chi connectivity index (χ2v) is 8.56. The average molecular weight is 352 g/mol. The van der Waals surface area contributed by atoms with E-state index in [0.29, 0.717) is 0 Å². The maximum absolute atomic E-state index is 12.3. The van der Waals surface area contributed by atoms with E-state index in [-0.39, 0.29) is 22.7 Å². The summed E-state index contributed by atoms with van der Waals surface area (Å²) in [7, 11) is -2.20. The van der Waals surface area contributed by atoms with Crippen molar-refractivity contribution in [3.05, 3.63) is 52.9 Å². The van der Waals surface area contributed by atoms with Crippen LogP contribution in [0.1, 0.15) is 24.1 Å². The van der Waals surface area contributed by atoms with E-state index in [2.05, 4.69) is 5.32 Å². The zero-order chi connectivity index (χ0) is 17.0. The molecule has 0 saturated heterocycles. The highest BCUT2D eigenvalue weighted by molar-refractivity contribution is 7.91. The van der Waals surface area contributed by atoms with Gasteiger partial charge in [-0.3, -0.25) is 4.79 Å². The summed E-state index contributed by atoms with van der Waals surface area (Å²) in [6.07, 6.45) is 0. The van der Waals surface area contributed by atoms with E-state index in [1.807, 2.05) is 38.1 Å². The van der Waals surface area contributed by atoms with E-state index in [1.165, 1.54) is 13.1 Å². The molecule has 0 fully saturated rings. The lowest BCUT2D eigenvalue weighted by Gasteiger charge is -2.19. The van der Waals surface area contributed by atoms with Gasteiger partial charge in [0.25, 0.3) is 10.0 Å². The zero-order valence-corrected chi connectivity index (χ0v) is 14.9. The van der Waals surface area contributed by atoms with Gasteiger partial charge in [0.15, 0.2) is 0 Å². The molecular formula is C16H20N2O3S2. The van der Waals surface area contributed by atoms with Crippen molar-refractivity contribution in [2.75, 3.05) is 13.6 Å². The lowest BCUT2D eigenvalue weighted by atomic mass is 10.0. The molecule has 1 amide bonds. The van der Waals surface area contributed by atoms with Crippen LogP contribution in [0, 0.1) is 6.92 Å². The monoisotopic (exact) mass is 352 g/mol. The van der Waals surface area contributed by atoms with Crippen LogP contribution in [0.4, 0.5) is 0 Å². The fourth-order valence-corrected chi connectivity index (χ4v) is 4.62. The maximum atomic E-state index is 12.3. The topological polar surface area (TPSA) is 66.5 Å². The van der Waals surface area contributed by atoms with Crippen LogP contribution in [0.15, 0.2) is 46.0 Å². The van der Waals surface area contributed by atoms with E-state index < -0.39 is 10.0 Å². The van der Waals surface area contributed by atoms with Gasteiger partial charge in [0.1, 0.15) is 4.21 Å². The molecule has 23 heavy (non-hydrogen) atoms. The standard InChI is InChI=1S/C16H20N2O3S2/c1-12-7-4-5-8-14(12)13(2)17-15(19)11-18(3)23(20,21)16-9-6-10-22-16/h4-10,13H,11H2,1-3H3,(H,17,19). The molecule has 2 rings (SSSR count). The summed E-state index contributed by atoms with van der Waals surface area (Å²) < 4.78 is 25.9. The Labute approximate surface area is 141 Å². The van der Waals surface area contributed by atoms with E-state index in [4.69, 9.17) is 0 Å². The molecule has 0 saturated carbocycles. The molecule has 0 bridgehead atoms. The molecule has 1 N–H and O–H groups in total. The normalized spacial score (nSPS) is 13.0. The third-order valence-electron chi connectivity index (χ3n) is 3.56. The number of aryl methyl sites for hydroxylation is 1. The molecular weight excluding hydrogens is 332 g/mol. The Hall–Kier alpha value is -1.70. The number of hydrogen-bond donors (Lipinski definition) is 1. The number of carbonyl (C=O) groups excluding carboxylic acids is 1. The smallest absolute Gasteiger partial charge is 0.252 e. The van der Waals surface area contributed by atoms with Gasteiger partial charge in [-0.2, -0.15) is 4.31 Å². The van der Waals surface area contributed by atoms with Crippen LogP contribution >= 0.6 is 11.3 Å². The van der Waals surface area contributed by atoms with Gasteiger partial charge in [-0.1, -0.05) is 30.3 Å². The number of thiophene rings is 1. The minimum Gasteiger partial charge on any atom is -0.348 e. The number of carbonyl (C=O) groups is 1. The number of nitrogens with one attached hydrogen (secondary N) is 1. The highest BCUT2D eigenvalue weighted by Crippen LogP contribution is 2.20. The van der Waals surface area contributed by atoms with E-state index in [9.17, 15) is 13.2 Å². The lowest BCUT2D eigenvalue weighted by Crippen LogP contribution is -2.39. The van der Waals surface area contributed by atoms with Crippen molar-refractivity contribution < 1.29 is 13.2 Å². The Morgan fingerprint density at radius 1 is 1.26 bits per heavy atom. The van der Waals surface area contributed by atoms with E-state index in [1.54, 1.807) is 11.4 Å². The predicted molar refractivity (Wildman–Crippen MR) is 91.9 cm³/mol. The maximum Gasteiger partial charge on any atom is 0.252 e. The first-order valence-electron chi connectivity index (χ1n) is 7.17. The molecule has 7 heteroatoms. The van der Waals surface area contributed by atoms with E-state index >= 15 is 0 Å². The molecule has 0 aliphatic rings. The second-order valence-electron chi connectivity index (χ2n) is 5.34. The quantitative estimate of drug-likeness (QED) is 0.869. The SMILES string of the molecule is Cc1ccccc1C(C)NC(=O)CN(C)S(=O)(=O)c1cccs1. The summed E-state index contributed by atoms with van der Waals surface area (Å²) in [5, 5.41) is 4.54. The molecule has 0 spiro atoms. The van der Waals surface area contributed by atoms with Crippen molar-refractivity contribution in [1.29, 1.82) is 0 Å². The number of nitrogens with zero attached hydrogens (tertiary/aromatic N) is 1. The van der Waals surface area contributed by atoms with Gasteiger partial charge in [-0.05, 0) is 36.4 Å². The average Bonchev–Trinajstić information content (AvgIpc) is 3.02. The van der Waals surface area contributed by atoms with Crippen LogP contribution in [0.2, 0.25) is 0 Å². The van der Waals surface area contributed by atoms with Crippen LogP contribution in [-0.4, -0.2) is 32.2 Å². The summed E-state index contributed by atoms with van der Waals surface area (Å²) in [5.41, 5.74) is 2.10. The molecule has 1 unspecified atom stereocenters. The molecule has 2 aromatic rings. The molecule has 0 aliphatic heterocycles. The van der Waals surface area contributed by atoms with Crippen LogP contribution in [-0.2, 0) is 14.8 Å². The molecule has 1 atom stereocenters. The number of rotatable bonds is 6. The van der Waals surface area contributed by atoms with Gasteiger partial charge < -0.3 is 5.32 Å². The van der Waals surface area contributed by atoms with Crippen molar-refractivity contribution in [2.45, 2.75) is 24.1 Å². The molecule has 1 aromatic heterocycles. The Balaban J connectivity index is 2.01. The Morgan fingerprint density at radius 2 is 1.96 bits per heavy atom. The largest absolute Gasteiger partial charge is 0.348 e. The highest BCUT2D eigenvalue weighted by atomic mass is 32.2. The Bertz CT molecular complexity index is 770. The number of sulfonamides is 1. The Morgan fingerprint density at radius 3 is 2.57 bits per heavy atom. The van der Waals surface area contributed by atoms with Crippen LogP contribution in [0.5, 0.6) is 0 Å². The van der Waals surface area contributed by atoms with Gasteiger partial charge in [0.2, 0.25) is 5.91 Å². The van der Waals surface area contributed by atoms with Gasteiger partial charge in [-0.25, -0.2) is 8.42 Å². The van der Waals surface area contributed by atoms with E-state index in [0.717, 1.165) is 26.8 Å². The Kier molecular flexibility index (Phi) is 5.56. The van der Waals surface area contributed by atoms with Gasteiger partial charge in [-0.15, -0.1) is 11.3 Å². The fourth-order valence-electron chi connectivity index (χ4n) is 2.29. The van der Waals surface area contributed by atoms with Crippen LogP contribution in [0.25, 0.3) is 0 Å². The number of hydrogen-bond acceptors (Lipinski definition) is 4. The highest BCUT2D eigenvalue weighted by Gasteiger charge is 2.24. The first kappa shape index (κ1) is 17.7. The first-order valence-corrected chi connectivity index (χ1v) is 9.49. The molecule has 124 valence electrons. The van der Waals surface area contributed by atoms with Crippen molar-refractivity contribution in [2.24, 2.45) is 0 Å². The summed E-state index contributed by atoms with van der Waals surface area (Å²) in [5.74, 6) is -0.330. The van der Waals surface area contributed by atoms with Gasteiger partial charge in [0, 0.05) is 7.05 Å². The zero-order valence-electron chi connectivity index (χ0n) is 13.3. The second kappa shape index (κ2) is 7.25.